The molecule has 1 aliphatic rings. The van der Waals surface area contributed by atoms with Gasteiger partial charge in [-0.3, -0.25) is 9.69 Å². The normalized spacial score (nSPS) is 21.1. The Morgan fingerprint density at radius 2 is 2.17 bits per heavy atom. The summed E-state index contributed by atoms with van der Waals surface area (Å²) >= 11 is 2.01. The number of hydrogen-bond donors (Lipinski definition) is 1. The minimum absolute atomic E-state index is 0.0670. The van der Waals surface area contributed by atoms with Crippen molar-refractivity contribution in [2.75, 3.05) is 5.32 Å². The number of benzene rings is 1. The van der Waals surface area contributed by atoms with Crippen LogP contribution >= 0.6 is 22.6 Å². The Morgan fingerprint density at radius 1 is 1.48 bits per heavy atom. The molecule has 1 heterocycles. The summed E-state index contributed by atoms with van der Waals surface area (Å²) < 4.78 is 14.6. The molecule has 1 amide bonds. The van der Waals surface area contributed by atoms with Gasteiger partial charge in [0.1, 0.15) is 11.9 Å². The van der Waals surface area contributed by atoms with Gasteiger partial charge in [0.05, 0.1) is 5.69 Å². The van der Waals surface area contributed by atoms with Crippen molar-refractivity contribution in [3.8, 4) is 6.19 Å². The molecule has 124 valence electrons. The summed E-state index contributed by atoms with van der Waals surface area (Å²) in [7, 11) is 0. The van der Waals surface area contributed by atoms with E-state index in [9.17, 15) is 14.4 Å². The van der Waals surface area contributed by atoms with Crippen LogP contribution in [0, 0.1) is 26.3 Å². The molecule has 1 aliphatic heterocycles. The quantitative estimate of drug-likeness (QED) is 0.581. The summed E-state index contributed by atoms with van der Waals surface area (Å²) in [6.45, 7) is 6.37. The molecule has 1 aromatic rings. The Balaban J connectivity index is 2.09. The van der Waals surface area contributed by atoms with Crippen LogP contribution in [0.3, 0.4) is 0 Å². The molecule has 6 heteroatoms. The van der Waals surface area contributed by atoms with Crippen LogP contribution in [0.25, 0.3) is 0 Å². The number of anilines is 1. The highest BCUT2D eigenvalue weighted by atomic mass is 127. The van der Waals surface area contributed by atoms with Crippen molar-refractivity contribution in [3.63, 3.8) is 0 Å². The summed E-state index contributed by atoms with van der Waals surface area (Å²) in [5.74, 6) is -0.777. The molecule has 2 rings (SSSR count). The first kappa shape index (κ1) is 18.0. The van der Waals surface area contributed by atoms with E-state index in [1.807, 2.05) is 22.6 Å². The summed E-state index contributed by atoms with van der Waals surface area (Å²) in [5.41, 5.74) is 0.250. The molecular weight excluding hydrogens is 408 g/mol. The minimum atomic E-state index is -0.522. The topological polar surface area (TPSA) is 56.1 Å². The zero-order valence-electron chi connectivity index (χ0n) is 13.6. The standard InChI is InChI=1S/C17H21FIN3O/c1-17(2,3)9-12-5-7-15(22(12)10-20)16(23)21-14-6-4-11(19)8-13(14)18/h4,6,8,12,15H,5,7,9H2,1-3H3,(H,21,23). The van der Waals surface area contributed by atoms with E-state index < -0.39 is 11.9 Å². The number of carbonyl (C=O) groups excluding carboxylic acids is 1. The number of nitrogens with one attached hydrogen (secondary N) is 1. The molecule has 2 atom stereocenters. The summed E-state index contributed by atoms with van der Waals surface area (Å²) in [5, 5.41) is 12.0. The lowest BCUT2D eigenvalue weighted by Crippen LogP contribution is -2.41. The number of rotatable bonds is 3. The molecule has 0 spiro atoms. The maximum absolute atomic E-state index is 13.9. The van der Waals surface area contributed by atoms with E-state index in [0.717, 1.165) is 16.4 Å². The predicted molar refractivity (Wildman–Crippen MR) is 96.1 cm³/mol. The Hall–Kier alpha value is -1.36. The number of halogens is 2. The first-order valence-corrected chi connectivity index (χ1v) is 8.73. The molecule has 1 saturated heterocycles. The Bertz CT molecular complexity index is 636. The maximum atomic E-state index is 13.9. The fraction of sp³-hybridized carbons (Fsp3) is 0.529. The van der Waals surface area contributed by atoms with Crippen molar-refractivity contribution in [3.05, 3.63) is 27.6 Å². The molecule has 4 nitrogen and oxygen atoms in total. The van der Waals surface area contributed by atoms with Gasteiger partial charge in [-0.25, -0.2) is 4.39 Å². The zero-order chi connectivity index (χ0) is 17.2. The molecule has 0 bridgehead atoms. The van der Waals surface area contributed by atoms with Crippen LogP contribution in [0.2, 0.25) is 0 Å². The van der Waals surface area contributed by atoms with Crippen molar-refractivity contribution in [1.82, 2.24) is 4.90 Å². The Morgan fingerprint density at radius 3 is 2.74 bits per heavy atom. The van der Waals surface area contributed by atoms with Crippen LogP contribution in [-0.2, 0) is 4.79 Å². The Kier molecular flexibility index (Phi) is 5.50. The van der Waals surface area contributed by atoms with Crippen LogP contribution in [0.15, 0.2) is 18.2 Å². The van der Waals surface area contributed by atoms with Gasteiger partial charge in [0.25, 0.3) is 0 Å². The minimum Gasteiger partial charge on any atom is -0.322 e. The number of nitriles is 1. The lowest BCUT2D eigenvalue weighted by atomic mass is 9.87. The largest absolute Gasteiger partial charge is 0.322 e. The van der Waals surface area contributed by atoms with E-state index in [1.165, 1.54) is 6.07 Å². The average molecular weight is 429 g/mol. The molecule has 23 heavy (non-hydrogen) atoms. The zero-order valence-corrected chi connectivity index (χ0v) is 15.7. The predicted octanol–water partition coefficient (Wildman–Crippen LogP) is 4.12. The molecule has 0 aliphatic carbocycles. The third kappa shape index (κ3) is 4.56. The molecule has 1 N–H and O–H groups in total. The summed E-state index contributed by atoms with van der Waals surface area (Å²) in [4.78, 5) is 14.0. The van der Waals surface area contributed by atoms with Crippen LogP contribution in [0.5, 0.6) is 0 Å². The smallest absolute Gasteiger partial charge is 0.247 e. The fourth-order valence-electron chi connectivity index (χ4n) is 3.01. The highest BCUT2D eigenvalue weighted by Crippen LogP contribution is 2.33. The second kappa shape index (κ2) is 7.04. The number of likely N-dealkylation sites (tertiary alicyclic amines) is 1. The van der Waals surface area contributed by atoms with Gasteiger partial charge in [-0.2, -0.15) is 5.26 Å². The van der Waals surface area contributed by atoms with E-state index >= 15 is 0 Å². The summed E-state index contributed by atoms with van der Waals surface area (Å²) in [6, 6.07) is 4.20. The van der Waals surface area contributed by atoms with E-state index in [1.54, 1.807) is 17.0 Å². The van der Waals surface area contributed by atoms with Crippen LogP contribution < -0.4 is 5.32 Å². The molecule has 2 unspecified atom stereocenters. The van der Waals surface area contributed by atoms with E-state index in [-0.39, 0.29) is 23.1 Å². The van der Waals surface area contributed by atoms with Gasteiger partial charge in [0.15, 0.2) is 6.19 Å². The van der Waals surface area contributed by atoms with Gasteiger partial charge >= 0.3 is 0 Å². The Labute approximate surface area is 150 Å². The number of carbonyl (C=O) groups is 1. The van der Waals surface area contributed by atoms with Gasteiger partial charge in [-0.15, -0.1) is 0 Å². The second-order valence-corrected chi connectivity index (χ2v) is 8.38. The first-order valence-electron chi connectivity index (χ1n) is 7.65. The van der Waals surface area contributed by atoms with Crippen LogP contribution in [-0.4, -0.2) is 22.9 Å². The number of hydrogen-bond acceptors (Lipinski definition) is 3. The SMILES string of the molecule is CC(C)(C)CC1CCC(C(=O)Nc2ccc(I)cc2F)N1C#N. The second-order valence-electron chi connectivity index (χ2n) is 7.13. The highest BCUT2D eigenvalue weighted by molar-refractivity contribution is 14.1. The molecule has 0 saturated carbocycles. The van der Waals surface area contributed by atoms with Gasteiger partial charge < -0.3 is 5.32 Å². The third-order valence-corrected chi connectivity index (χ3v) is 4.63. The van der Waals surface area contributed by atoms with Gasteiger partial charge in [-0.05, 0) is 65.5 Å². The van der Waals surface area contributed by atoms with E-state index in [4.69, 9.17) is 0 Å². The third-order valence-electron chi connectivity index (χ3n) is 3.96. The van der Waals surface area contributed by atoms with Crippen molar-refractivity contribution in [2.45, 2.75) is 52.1 Å². The van der Waals surface area contributed by atoms with Gasteiger partial charge in [0.2, 0.25) is 5.91 Å². The van der Waals surface area contributed by atoms with Crippen molar-refractivity contribution in [1.29, 1.82) is 5.26 Å². The van der Waals surface area contributed by atoms with Crippen molar-refractivity contribution < 1.29 is 9.18 Å². The van der Waals surface area contributed by atoms with Crippen molar-refractivity contribution in [2.24, 2.45) is 5.41 Å². The summed E-state index contributed by atoms with van der Waals surface area (Å²) in [6.07, 6.45) is 4.42. The highest BCUT2D eigenvalue weighted by Gasteiger charge is 2.39. The van der Waals surface area contributed by atoms with Gasteiger partial charge in [0, 0.05) is 9.61 Å². The first-order chi connectivity index (χ1) is 10.7. The van der Waals surface area contributed by atoms with E-state index in [0.29, 0.717) is 6.42 Å². The molecule has 0 radical (unpaired) electrons. The molecular formula is C17H21FIN3O. The van der Waals surface area contributed by atoms with Gasteiger partial charge in [-0.1, -0.05) is 20.8 Å². The molecule has 1 aromatic carbocycles. The lowest BCUT2D eigenvalue weighted by molar-refractivity contribution is -0.119. The number of amides is 1. The molecule has 0 aromatic heterocycles. The van der Waals surface area contributed by atoms with Crippen LogP contribution in [0.4, 0.5) is 10.1 Å². The molecule has 1 fully saturated rings. The number of nitrogens with zero attached hydrogens (tertiary/aromatic N) is 2. The fourth-order valence-corrected chi connectivity index (χ4v) is 3.46. The lowest BCUT2D eigenvalue weighted by Gasteiger charge is -2.29. The van der Waals surface area contributed by atoms with E-state index in [2.05, 4.69) is 32.3 Å². The van der Waals surface area contributed by atoms with Crippen molar-refractivity contribution >= 4 is 34.2 Å². The average Bonchev–Trinajstić information content (AvgIpc) is 2.82. The van der Waals surface area contributed by atoms with Crippen LogP contribution in [0.1, 0.15) is 40.0 Å². The monoisotopic (exact) mass is 429 g/mol. The maximum Gasteiger partial charge on any atom is 0.247 e.